The van der Waals surface area contributed by atoms with Crippen LogP contribution < -0.4 is 5.32 Å². The summed E-state index contributed by atoms with van der Waals surface area (Å²) in [5.74, 6) is 2.58. The fourth-order valence-corrected chi connectivity index (χ4v) is 2.66. The molecule has 0 unspecified atom stereocenters. The van der Waals surface area contributed by atoms with Crippen LogP contribution in [0.2, 0.25) is 0 Å². The summed E-state index contributed by atoms with van der Waals surface area (Å²) in [4.78, 5) is 12.4. The molecule has 1 aromatic heterocycles. The number of aromatic nitrogens is 2. The molecule has 0 saturated carbocycles. The van der Waals surface area contributed by atoms with Gasteiger partial charge in [-0.05, 0) is 52.3 Å². The predicted molar refractivity (Wildman–Crippen MR) is 93.5 cm³/mol. The molecule has 4 heteroatoms. The van der Waals surface area contributed by atoms with Gasteiger partial charge >= 0.3 is 0 Å². The van der Waals surface area contributed by atoms with Crippen LogP contribution in [0.5, 0.6) is 0 Å². The third-order valence-electron chi connectivity index (χ3n) is 3.84. The molecule has 2 aromatic rings. The Kier molecular flexibility index (Phi) is 4.90. The van der Waals surface area contributed by atoms with E-state index < -0.39 is 0 Å². The van der Waals surface area contributed by atoms with Crippen molar-refractivity contribution in [3.8, 4) is 23.6 Å². The third kappa shape index (κ3) is 3.14. The van der Waals surface area contributed by atoms with E-state index in [9.17, 15) is 4.79 Å². The largest absolute Gasteiger partial charge is 0.351 e. The van der Waals surface area contributed by atoms with E-state index >= 15 is 0 Å². The molecule has 0 radical (unpaired) electrons. The number of hydrogen-bond acceptors (Lipinski definition) is 2. The third-order valence-corrected chi connectivity index (χ3v) is 3.84. The van der Waals surface area contributed by atoms with Crippen LogP contribution in [-0.2, 0) is 0 Å². The van der Waals surface area contributed by atoms with Crippen LogP contribution in [0.3, 0.4) is 0 Å². The molecule has 120 valence electrons. The number of carbonyl (C=O) groups excluding carboxylic acids is 1. The van der Waals surface area contributed by atoms with Crippen molar-refractivity contribution in [1.29, 1.82) is 0 Å². The smallest absolute Gasteiger partial charge is 0.269 e. The zero-order chi connectivity index (χ0) is 17.1. The van der Waals surface area contributed by atoms with Gasteiger partial charge in [0.1, 0.15) is 5.69 Å². The van der Waals surface area contributed by atoms with Crippen molar-refractivity contribution in [3.05, 3.63) is 40.6 Å². The van der Waals surface area contributed by atoms with E-state index in [4.69, 9.17) is 6.42 Å². The number of terminal acetylenes is 1. The van der Waals surface area contributed by atoms with E-state index in [1.54, 1.807) is 4.68 Å². The second-order valence-electron chi connectivity index (χ2n) is 5.89. The molecule has 1 aromatic carbocycles. The van der Waals surface area contributed by atoms with Gasteiger partial charge in [-0.3, -0.25) is 9.48 Å². The zero-order valence-corrected chi connectivity index (χ0v) is 14.4. The van der Waals surface area contributed by atoms with Gasteiger partial charge < -0.3 is 5.32 Å². The predicted octanol–water partition coefficient (Wildman–Crippen LogP) is 3.48. The number of nitrogens with zero attached hydrogens (tertiary/aromatic N) is 2. The topological polar surface area (TPSA) is 46.9 Å². The standard InChI is InChI=1S/C19H23N3O/c1-7-15-9-10-16(11-13(15)5)17-14(6)18(19(23)20-8-2)22(21-17)12(3)4/h1,9-12H,8H2,2-6H3,(H,20,23). The van der Waals surface area contributed by atoms with Gasteiger partial charge in [0, 0.05) is 29.3 Å². The van der Waals surface area contributed by atoms with Gasteiger partial charge in [0.05, 0.1) is 5.69 Å². The first-order valence-electron chi connectivity index (χ1n) is 7.85. The van der Waals surface area contributed by atoms with Gasteiger partial charge in [-0.1, -0.05) is 12.0 Å². The molecular formula is C19H23N3O. The minimum atomic E-state index is -0.0885. The molecule has 2 rings (SSSR count). The maximum absolute atomic E-state index is 12.4. The SMILES string of the molecule is C#Cc1ccc(-c2nn(C(C)C)c(C(=O)NCC)c2C)cc1C. The van der Waals surface area contributed by atoms with Gasteiger partial charge in [0.2, 0.25) is 0 Å². The number of rotatable bonds is 4. The Morgan fingerprint density at radius 3 is 2.61 bits per heavy atom. The number of amides is 1. The van der Waals surface area contributed by atoms with Crippen LogP contribution in [0.25, 0.3) is 11.3 Å². The second kappa shape index (κ2) is 6.70. The lowest BCUT2D eigenvalue weighted by Crippen LogP contribution is -2.27. The van der Waals surface area contributed by atoms with E-state index in [1.165, 1.54) is 0 Å². The highest BCUT2D eigenvalue weighted by molar-refractivity contribution is 5.95. The first-order chi connectivity index (χ1) is 10.9. The summed E-state index contributed by atoms with van der Waals surface area (Å²) < 4.78 is 1.79. The van der Waals surface area contributed by atoms with Gasteiger partial charge in [0.15, 0.2) is 0 Å². The fraction of sp³-hybridized carbons (Fsp3) is 0.368. The number of nitrogens with one attached hydrogen (secondary N) is 1. The Bertz CT molecular complexity index is 779. The molecule has 0 atom stereocenters. The van der Waals surface area contributed by atoms with E-state index in [2.05, 4.69) is 16.3 Å². The van der Waals surface area contributed by atoms with Gasteiger partial charge in [0.25, 0.3) is 5.91 Å². The van der Waals surface area contributed by atoms with Crippen LogP contribution in [0.15, 0.2) is 18.2 Å². The molecule has 1 heterocycles. The maximum Gasteiger partial charge on any atom is 0.269 e. The lowest BCUT2D eigenvalue weighted by atomic mass is 10.0. The summed E-state index contributed by atoms with van der Waals surface area (Å²) >= 11 is 0. The monoisotopic (exact) mass is 309 g/mol. The highest BCUT2D eigenvalue weighted by atomic mass is 16.2. The van der Waals surface area contributed by atoms with E-state index in [0.29, 0.717) is 12.2 Å². The number of aryl methyl sites for hydroxylation is 1. The summed E-state index contributed by atoms with van der Waals surface area (Å²) in [6.07, 6.45) is 5.49. The van der Waals surface area contributed by atoms with Gasteiger partial charge in [-0.15, -0.1) is 6.42 Å². The lowest BCUT2D eigenvalue weighted by Gasteiger charge is -2.10. The van der Waals surface area contributed by atoms with Crippen LogP contribution >= 0.6 is 0 Å². The Morgan fingerprint density at radius 2 is 2.09 bits per heavy atom. The van der Waals surface area contributed by atoms with Crippen LogP contribution in [0, 0.1) is 26.2 Å². The quantitative estimate of drug-likeness (QED) is 0.879. The van der Waals surface area contributed by atoms with Crippen molar-refractivity contribution in [2.75, 3.05) is 6.54 Å². The molecule has 1 N–H and O–H groups in total. The molecule has 0 spiro atoms. The van der Waals surface area contributed by atoms with Crippen molar-refractivity contribution in [3.63, 3.8) is 0 Å². The summed E-state index contributed by atoms with van der Waals surface area (Å²) in [5.41, 5.74) is 5.21. The molecule has 0 aliphatic rings. The molecule has 0 fully saturated rings. The molecule has 4 nitrogen and oxygen atoms in total. The Hall–Kier alpha value is -2.54. The highest BCUT2D eigenvalue weighted by Crippen LogP contribution is 2.28. The van der Waals surface area contributed by atoms with Crippen molar-refractivity contribution in [2.24, 2.45) is 0 Å². The molecule has 0 bridgehead atoms. The zero-order valence-electron chi connectivity index (χ0n) is 14.4. The molecule has 0 aliphatic carbocycles. The summed E-state index contributed by atoms with van der Waals surface area (Å²) in [6, 6.07) is 6.01. The van der Waals surface area contributed by atoms with Gasteiger partial charge in [-0.25, -0.2) is 0 Å². The summed E-state index contributed by atoms with van der Waals surface area (Å²) in [6.45, 7) is 10.5. The average molecular weight is 309 g/mol. The number of hydrogen-bond donors (Lipinski definition) is 1. The summed E-state index contributed by atoms with van der Waals surface area (Å²) in [7, 11) is 0. The van der Waals surface area contributed by atoms with E-state index in [1.807, 2.05) is 52.8 Å². The van der Waals surface area contributed by atoms with Crippen molar-refractivity contribution in [1.82, 2.24) is 15.1 Å². The molecule has 0 saturated heterocycles. The van der Waals surface area contributed by atoms with E-state index in [0.717, 1.165) is 27.9 Å². The molecule has 1 amide bonds. The van der Waals surface area contributed by atoms with Crippen LogP contribution in [-0.4, -0.2) is 22.2 Å². The van der Waals surface area contributed by atoms with Gasteiger partial charge in [-0.2, -0.15) is 5.10 Å². The minimum Gasteiger partial charge on any atom is -0.351 e. The molecular weight excluding hydrogens is 286 g/mol. The highest BCUT2D eigenvalue weighted by Gasteiger charge is 2.22. The second-order valence-corrected chi connectivity index (χ2v) is 5.89. The first-order valence-corrected chi connectivity index (χ1v) is 7.85. The lowest BCUT2D eigenvalue weighted by molar-refractivity contribution is 0.0942. The van der Waals surface area contributed by atoms with Crippen molar-refractivity contribution >= 4 is 5.91 Å². The Morgan fingerprint density at radius 1 is 1.39 bits per heavy atom. The average Bonchev–Trinajstić information content (AvgIpc) is 2.85. The van der Waals surface area contributed by atoms with E-state index in [-0.39, 0.29) is 11.9 Å². The Labute approximate surface area is 137 Å². The van der Waals surface area contributed by atoms with Crippen molar-refractivity contribution in [2.45, 2.75) is 40.7 Å². The van der Waals surface area contributed by atoms with Crippen LogP contribution in [0.1, 0.15) is 54.0 Å². The maximum atomic E-state index is 12.4. The minimum absolute atomic E-state index is 0.0885. The normalized spacial score (nSPS) is 10.7. The Balaban J connectivity index is 2.61. The fourth-order valence-electron chi connectivity index (χ4n) is 2.66. The summed E-state index contributed by atoms with van der Waals surface area (Å²) in [5, 5.41) is 7.55. The molecule has 23 heavy (non-hydrogen) atoms. The molecule has 0 aliphatic heterocycles. The number of benzene rings is 1. The number of carbonyl (C=O) groups is 1. The first kappa shape index (κ1) is 16.8. The van der Waals surface area contributed by atoms with Crippen LogP contribution in [0.4, 0.5) is 0 Å². The van der Waals surface area contributed by atoms with Crippen molar-refractivity contribution < 1.29 is 4.79 Å².